The minimum atomic E-state index is 0.636. The summed E-state index contributed by atoms with van der Waals surface area (Å²) < 4.78 is 5.60. The van der Waals surface area contributed by atoms with Crippen molar-refractivity contribution in [3.63, 3.8) is 0 Å². The standard InChI is InChI=1S/C27H41N3O/c1-2-13-28-14-16-30(17-15-28)26-6-5-24(29-18-20-31-21-19-29)22-25(26)23-7-11-27(12-8-23)9-3-4-10-27/h5-7,22H,2-4,8-21H2,1H3. The molecule has 2 aliphatic heterocycles. The Morgan fingerprint density at radius 2 is 1.68 bits per heavy atom. The van der Waals surface area contributed by atoms with E-state index in [0.29, 0.717) is 5.41 Å². The molecule has 0 bridgehead atoms. The van der Waals surface area contributed by atoms with E-state index in [2.05, 4.69) is 45.9 Å². The van der Waals surface area contributed by atoms with E-state index >= 15 is 0 Å². The van der Waals surface area contributed by atoms with Crippen LogP contribution in [0.4, 0.5) is 11.4 Å². The monoisotopic (exact) mass is 423 g/mol. The molecule has 0 N–H and O–H groups in total. The topological polar surface area (TPSA) is 19.0 Å². The van der Waals surface area contributed by atoms with E-state index in [9.17, 15) is 0 Å². The summed E-state index contributed by atoms with van der Waals surface area (Å²) in [5.41, 5.74) is 6.62. The molecule has 4 nitrogen and oxygen atoms in total. The van der Waals surface area contributed by atoms with Gasteiger partial charge in [0.25, 0.3) is 0 Å². The van der Waals surface area contributed by atoms with E-state index in [1.54, 1.807) is 5.57 Å². The highest BCUT2D eigenvalue weighted by Crippen LogP contribution is 2.50. The molecule has 0 unspecified atom stereocenters. The third-order valence-electron chi connectivity index (χ3n) is 8.33. The Hall–Kier alpha value is -1.52. The second kappa shape index (κ2) is 9.54. The van der Waals surface area contributed by atoms with Crippen LogP contribution in [-0.2, 0) is 4.74 Å². The highest BCUT2D eigenvalue weighted by molar-refractivity contribution is 5.80. The van der Waals surface area contributed by atoms with E-state index in [1.165, 1.54) is 87.9 Å². The van der Waals surface area contributed by atoms with Gasteiger partial charge in [0.05, 0.1) is 13.2 Å². The number of anilines is 2. The van der Waals surface area contributed by atoms with Gasteiger partial charge in [0.1, 0.15) is 0 Å². The molecular weight excluding hydrogens is 382 g/mol. The summed E-state index contributed by atoms with van der Waals surface area (Å²) in [5, 5.41) is 0. The normalized spacial score (nSPS) is 24.6. The fraction of sp³-hybridized carbons (Fsp3) is 0.704. The lowest BCUT2D eigenvalue weighted by Gasteiger charge is -2.39. The Morgan fingerprint density at radius 3 is 2.35 bits per heavy atom. The number of morpholine rings is 1. The van der Waals surface area contributed by atoms with Crippen molar-refractivity contribution < 1.29 is 4.74 Å². The Morgan fingerprint density at radius 1 is 0.903 bits per heavy atom. The molecule has 5 rings (SSSR count). The Kier molecular flexibility index (Phi) is 6.56. The van der Waals surface area contributed by atoms with E-state index < -0.39 is 0 Å². The molecule has 2 saturated heterocycles. The molecule has 170 valence electrons. The number of piperazine rings is 1. The molecule has 1 aromatic rings. The van der Waals surface area contributed by atoms with Crippen LogP contribution in [0.3, 0.4) is 0 Å². The van der Waals surface area contributed by atoms with Gasteiger partial charge in [0.15, 0.2) is 0 Å². The Labute approximate surface area is 189 Å². The van der Waals surface area contributed by atoms with Crippen LogP contribution in [0.2, 0.25) is 0 Å². The average Bonchev–Trinajstić information content (AvgIpc) is 3.28. The van der Waals surface area contributed by atoms with Gasteiger partial charge in [-0.05, 0) is 74.3 Å². The first-order chi connectivity index (χ1) is 15.3. The third-order valence-corrected chi connectivity index (χ3v) is 8.33. The molecule has 4 aliphatic rings. The molecule has 0 radical (unpaired) electrons. The van der Waals surface area contributed by atoms with E-state index in [4.69, 9.17) is 4.74 Å². The van der Waals surface area contributed by atoms with Crippen LogP contribution in [0.1, 0.15) is 63.9 Å². The highest BCUT2D eigenvalue weighted by Gasteiger charge is 2.35. The van der Waals surface area contributed by atoms with Gasteiger partial charge in [-0.3, -0.25) is 4.90 Å². The predicted molar refractivity (Wildman–Crippen MR) is 131 cm³/mol. The van der Waals surface area contributed by atoms with Crippen molar-refractivity contribution in [3.8, 4) is 0 Å². The van der Waals surface area contributed by atoms with Crippen molar-refractivity contribution in [1.82, 2.24) is 4.90 Å². The Balaban J connectivity index is 1.41. The summed E-state index contributed by atoms with van der Waals surface area (Å²) in [6, 6.07) is 7.30. The van der Waals surface area contributed by atoms with E-state index in [1.807, 2.05) is 0 Å². The van der Waals surface area contributed by atoms with Gasteiger partial charge in [0, 0.05) is 56.2 Å². The van der Waals surface area contributed by atoms with Gasteiger partial charge in [-0.15, -0.1) is 0 Å². The first kappa shape index (κ1) is 21.3. The summed E-state index contributed by atoms with van der Waals surface area (Å²) in [5.74, 6) is 0. The van der Waals surface area contributed by atoms with E-state index in [0.717, 1.165) is 39.4 Å². The van der Waals surface area contributed by atoms with Crippen LogP contribution in [0.5, 0.6) is 0 Å². The van der Waals surface area contributed by atoms with Crippen molar-refractivity contribution in [2.45, 2.75) is 58.3 Å². The molecule has 0 aromatic heterocycles. The largest absolute Gasteiger partial charge is 0.378 e. The summed E-state index contributed by atoms with van der Waals surface area (Å²) in [7, 11) is 0. The van der Waals surface area contributed by atoms with Crippen LogP contribution < -0.4 is 9.80 Å². The van der Waals surface area contributed by atoms with Gasteiger partial charge in [0.2, 0.25) is 0 Å². The van der Waals surface area contributed by atoms with Crippen LogP contribution >= 0.6 is 0 Å². The number of rotatable bonds is 5. The van der Waals surface area contributed by atoms with Crippen molar-refractivity contribution in [1.29, 1.82) is 0 Å². The average molecular weight is 424 g/mol. The molecular formula is C27H41N3O. The minimum absolute atomic E-state index is 0.636. The van der Waals surface area contributed by atoms with Crippen molar-refractivity contribution in [2.75, 3.05) is 68.8 Å². The molecule has 2 heterocycles. The summed E-state index contributed by atoms with van der Waals surface area (Å²) in [6.45, 7) is 12.0. The lowest BCUT2D eigenvalue weighted by Crippen LogP contribution is -2.46. The molecule has 4 heteroatoms. The first-order valence-electron chi connectivity index (χ1n) is 12.9. The number of benzene rings is 1. The van der Waals surface area contributed by atoms with E-state index in [-0.39, 0.29) is 0 Å². The van der Waals surface area contributed by atoms with Crippen LogP contribution in [0, 0.1) is 5.41 Å². The van der Waals surface area contributed by atoms with Gasteiger partial charge in [-0.1, -0.05) is 25.8 Å². The van der Waals surface area contributed by atoms with Crippen LogP contribution in [0.15, 0.2) is 24.3 Å². The number of ether oxygens (including phenoxy) is 1. The van der Waals surface area contributed by atoms with Gasteiger partial charge in [-0.25, -0.2) is 0 Å². The predicted octanol–water partition coefficient (Wildman–Crippen LogP) is 5.18. The van der Waals surface area contributed by atoms with Crippen molar-refractivity contribution >= 4 is 16.9 Å². The van der Waals surface area contributed by atoms with Crippen LogP contribution in [-0.4, -0.2) is 63.9 Å². The fourth-order valence-electron chi connectivity index (χ4n) is 6.37. The summed E-state index contributed by atoms with van der Waals surface area (Å²) in [4.78, 5) is 7.80. The molecule has 0 amide bonds. The second-order valence-corrected chi connectivity index (χ2v) is 10.3. The maximum atomic E-state index is 5.60. The van der Waals surface area contributed by atoms with Gasteiger partial charge >= 0.3 is 0 Å². The zero-order chi connectivity index (χ0) is 21.1. The molecule has 31 heavy (non-hydrogen) atoms. The van der Waals surface area contributed by atoms with Gasteiger partial charge in [-0.2, -0.15) is 0 Å². The zero-order valence-corrected chi connectivity index (χ0v) is 19.6. The Bertz CT molecular complexity index is 769. The first-order valence-corrected chi connectivity index (χ1v) is 12.9. The minimum Gasteiger partial charge on any atom is -0.378 e. The molecule has 0 atom stereocenters. The molecule has 2 aliphatic carbocycles. The number of allylic oxidation sites excluding steroid dienone is 2. The maximum Gasteiger partial charge on any atom is 0.0642 e. The molecule has 1 spiro atoms. The quantitative estimate of drug-likeness (QED) is 0.649. The molecule has 1 saturated carbocycles. The van der Waals surface area contributed by atoms with Crippen LogP contribution in [0.25, 0.3) is 5.57 Å². The lowest BCUT2D eigenvalue weighted by atomic mass is 9.72. The third kappa shape index (κ3) is 4.66. The zero-order valence-electron chi connectivity index (χ0n) is 19.6. The van der Waals surface area contributed by atoms with Crippen molar-refractivity contribution in [2.24, 2.45) is 5.41 Å². The van der Waals surface area contributed by atoms with Gasteiger partial charge < -0.3 is 14.5 Å². The molecule has 3 fully saturated rings. The van der Waals surface area contributed by atoms with Crippen molar-refractivity contribution in [3.05, 3.63) is 29.8 Å². The number of hydrogen-bond donors (Lipinski definition) is 0. The molecule has 1 aromatic carbocycles. The summed E-state index contributed by atoms with van der Waals surface area (Å²) in [6.07, 6.45) is 13.6. The smallest absolute Gasteiger partial charge is 0.0642 e. The number of hydrogen-bond acceptors (Lipinski definition) is 4. The summed E-state index contributed by atoms with van der Waals surface area (Å²) >= 11 is 0. The SMILES string of the molecule is CCCN1CCN(c2ccc(N3CCOCC3)cc2C2=CCC3(CCCC3)CC2)CC1. The lowest BCUT2D eigenvalue weighted by molar-refractivity contribution is 0.122. The highest BCUT2D eigenvalue weighted by atomic mass is 16.5. The second-order valence-electron chi connectivity index (χ2n) is 10.3. The maximum absolute atomic E-state index is 5.60. The number of nitrogens with zero attached hydrogens (tertiary/aromatic N) is 3. The fourth-order valence-corrected chi connectivity index (χ4v) is 6.37.